The molecule has 1 unspecified atom stereocenters. The summed E-state index contributed by atoms with van der Waals surface area (Å²) in [5, 5.41) is 0.502. The predicted octanol–water partition coefficient (Wildman–Crippen LogP) is 3.59. The Labute approximate surface area is 96.0 Å². The van der Waals surface area contributed by atoms with Crippen LogP contribution >= 0.6 is 40.2 Å². The van der Waals surface area contributed by atoms with Crippen molar-refractivity contribution < 1.29 is 4.79 Å². The molecule has 0 bridgehead atoms. The van der Waals surface area contributed by atoms with Gasteiger partial charge in [-0.1, -0.05) is 39.7 Å². The number of carbonyl (C=O) groups is 1. The van der Waals surface area contributed by atoms with E-state index in [9.17, 15) is 4.79 Å². The van der Waals surface area contributed by atoms with E-state index in [1.165, 1.54) is 0 Å². The Hall–Kier alpha value is 0.01000. The molecule has 0 aliphatic carbocycles. The minimum atomic E-state index is -0.211. The van der Waals surface area contributed by atoms with Crippen molar-refractivity contribution in [1.82, 2.24) is 0 Å². The van der Waals surface area contributed by atoms with Crippen LogP contribution in [0.1, 0.15) is 17.3 Å². The van der Waals surface area contributed by atoms with Crippen LogP contribution in [0.2, 0.25) is 5.02 Å². The van der Waals surface area contributed by atoms with Crippen LogP contribution in [0, 0.1) is 0 Å². The van der Waals surface area contributed by atoms with Crippen LogP contribution in [0.5, 0.6) is 0 Å². The van der Waals surface area contributed by atoms with Crippen molar-refractivity contribution in [2.45, 2.75) is 16.6 Å². The van der Waals surface area contributed by atoms with Gasteiger partial charge in [-0.2, -0.15) is 0 Å². The van der Waals surface area contributed by atoms with Gasteiger partial charge in [0.05, 0.1) is 9.85 Å². The molecular weight excluding hydrogens is 272 g/mol. The monoisotopic (exact) mass is 278 g/mol. The zero-order valence-electron chi connectivity index (χ0n) is 6.92. The second-order valence-electron chi connectivity index (χ2n) is 2.62. The van der Waals surface area contributed by atoms with Crippen LogP contribution in [0.15, 0.2) is 23.1 Å². The summed E-state index contributed by atoms with van der Waals surface area (Å²) >= 11 is 13.2. The Morgan fingerprint density at radius 2 is 2.23 bits per heavy atom. The topological polar surface area (TPSA) is 17.1 Å². The number of thiol groups is 1. The van der Waals surface area contributed by atoms with Crippen LogP contribution < -0.4 is 0 Å². The summed E-state index contributed by atoms with van der Waals surface area (Å²) in [7, 11) is 0. The summed E-state index contributed by atoms with van der Waals surface area (Å²) in [6.45, 7) is 1.77. The predicted molar refractivity (Wildman–Crippen MR) is 61.4 cm³/mol. The van der Waals surface area contributed by atoms with Gasteiger partial charge in [-0.3, -0.25) is 4.79 Å². The fourth-order valence-electron chi connectivity index (χ4n) is 0.928. The summed E-state index contributed by atoms with van der Waals surface area (Å²) in [6.07, 6.45) is 0. The van der Waals surface area contributed by atoms with Crippen LogP contribution in [-0.4, -0.2) is 10.6 Å². The molecule has 0 N–H and O–H groups in total. The number of alkyl halides is 1. The lowest BCUT2D eigenvalue weighted by molar-refractivity contribution is 0.0993. The van der Waals surface area contributed by atoms with E-state index in [1.807, 2.05) is 0 Å². The lowest BCUT2D eigenvalue weighted by Gasteiger charge is -2.06. The van der Waals surface area contributed by atoms with Gasteiger partial charge in [0.1, 0.15) is 0 Å². The summed E-state index contributed by atoms with van der Waals surface area (Å²) in [5.74, 6) is -0.00694. The highest BCUT2D eigenvalue weighted by molar-refractivity contribution is 9.10. The van der Waals surface area contributed by atoms with Gasteiger partial charge in [-0.25, -0.2) is 0 Å². The minimum absolute atomic E-state index is 0.00694. The highest BCUT2D eigenvalue weighted by Crippen LogP contribution is 2.25. The summed E-state index contributed by atoms with van der Waals surface area (Å²) in [5.41, 5.74) is 0.556. The average molecular weight is 280 g/mol. The fraction of sp³-hybridized carbons (Fsp3) is 0.222. The van der Waals surface area contributed by atoms with Crippen LogP contribution in [0.25, 0.3) is 0 Å². The van der Waals surface area contributed by atoms with Gasteiger partial charge in [0, 0.05) is 10.5 Å². The third kappa shape index (κ3) is 2.48. The first-order chi connectivity index (χ1) is 6.04. The Morgan fingerprint density at radius 1 is 1.62 bits per heavy atom. The van der Waals surface area contributed by atoms with Crippen molar-refractivity contribution >= 4 is 45.9 Å². The van der Waals surface area contributed by atoms with Gasteiger partial charge in [0.15, 0.2) is 5.78 Å². The van der Waals surface area contributed by atoms with E-state index in [2.05, 4.69) is 28.6 Å². The maximum Gasteiger partial charge on any atom is 0.177 e. The molecule has 1 nitrogen and oxygen atoms in total. The number of ketones is 1. The lowest BCUT2D eigenvalue weighted by atomic mass is 10.1. The van der Waals surface area contributed by atoms with Gasteiger partial charge in [0.25, 0.3) is 0 Å². The van der Waals surface area contributed by atoms with E-state index in [4.69, 9.17) is 11.6 Å². The van der Waals surface area contributed by atoms with Crippen LogP contribution in [-0.2, 0) is 0 Å². The maximum absolute atomic E-state index is 11.6. The first-order valence-corrected chi connectivity index (χ1v) is 5.44. The Kier molecular flexibility index (Phi) is 3.83. The van der Waals surface area contributed by atoms with Gasteiger partial charge < -0.3 is 0 Å². The zero-order valence-corrected chi connectivity index (χ0v) is 10.2. The molecule has 0 aliphatic rings. The second-order valence-corrected chi connectivity index (χ2v) is 4.84. The van der Waals surface area contributed by atoms with E-state index in [-0.39, 0.29) is 10.6 Å². The number of rotatable bonds is 2. The van der Waals surface area contributed by atoms with E-state index in [0.717, 1.165) is 0 Å². The number of Topliss-reactive ketones (excluding diaryl/α,β-unsaturated/α-hetero) is 1. The molecule has 0 heterocycles. The molecule has 1 rings (SSSR count). The molecule has 0 aromatic heterocycles. The lowest BCUT2D eigenvalue weighted by Crippen LogP contribution is -2.10. The molecular formula is C9H8BrClOS. The quantitative estimate of drug-likeness (QED) is 0.497. The van der Waals surface area contributed by atoms with Gasteiger partial charge in [-0.05, 0) is 13.0 Å². The third-order valence-corrected chi connectivity index (χ3v) is 2.96. The molecule has 4 heteroatoms. The van der Waals surface area contributed by atoms with Crippen LogP contribution in [0.3, 0.4) is 0 Å². The van der Waals surface area contributed by atoms with E-state index < -0.39 is 0 Å². The number of halogens is 2. The van der Waals surface area contributed by atoms with Crippen molar-refractivity contribution in [2.75, 3.05) is 0 Å². The standard InChI is InChI=1S/C9H8BrClOS/c1-5(10)8(12)6-3-2-4-7(11)9(6)13/h2-5,13H,1H3. The Balaban J connectivity index is 3.15. The smallest absolute Gasteiger partial charge is 0.177 e. The molecule has 0 aliphatic heterocycles. The largest absolute Gasteiger partial charge is 0.293 e. The number of benzene rings is 1. The Bertz CT molecular complexity index is 338. The van der Waals surface area contributed by atoms with Crippen molar-refractivity contribution in [3.05, 3.63) is 28.8 Å². The maximum atomic E-state index is 11.6. The molecule has 0 amide bonds. The van der Waals surface area contributed by atoms with E-state index >= 15 is 0 Å². The Morgan fingerprint density at radius 3 is 2.77 bits per heavy atom. The molecule has 0 spiro atoms. The molecule has 13 heavy (non-hydrogen) atoms. The summed E-state index contributed by atoms with van der Waals surface area (Å²) < 4.78 is 0. The van der Waals surface area contributed by atoms with E-state index in [1.54, 1.807) is 25.1 Å². The van der Waals surface area contributed by atoms with Crippen LogP contribution in [0.4, 0.5) is 0 Å². The zero-order chi connectivity index (χ0) is 10.0. The third-order valence-electron chi connectivity index (χ3n) is 1.61. The molecule has 0 fully saturated rings. The highest BCUT2D eigenvalue weighted by Gasteiger charge is 2.15. The van der Waals surface area contributed by atoms with Crippen molar-refractivity contribution in [1.29, 1.82) is 0 Å². The number of hydrogen-bond donors (Lipinski definition) is 1. The minimum Gasteiger partial charge on any atom is -0.293 e. The molecule has 0 radical (unpaired) electrons. The first kappa shape index (κ1) is 11.1. The SMILES string of the molecule is CC(Br)C(=O)c1cccc(Cl)c1S. The van der Waals surface area contributed by atoms with E-state index in [0.29, 0.717) is 15.5 Å². The van der Waals surface area contributed by atoms with Gasteiger partial charge in [-0.15, -0.1) is 12.6 Å². The number of carbonyl (C=O) groups excluding carboxylic acids is 1. The van der Waals surface area contributed by atoms with Crippen molar-refractivity contribution in [3.63, 3.8) is 0 Å². The molecule has 0 saturated carbocycles. The fourth-order valence-corrected chi connectivity index (χ4v) is 1.61. The summed E-state index contributed by atoms with van der Waals surface area (Å²) in [4.78, 5) is 11.9. The number of hydrogen-bond acceptors (Lipinski definition) is 2. The normalized spacial score (nSPS) is 12.6. The average Bonchev–Trinajstić information content (AvgIpc) is 2.08. The molecule has 70 valence electrons. The molecule has 0 saturated heterocycles. The first-order valence-electron chi connectivity index (χ1n) is 3.69. The highest BCUT2D eigenvalue weighted by atomic mass is 79.9. The molecule has 1 aromatic carbocycles. The molecule has 1 atom stereocenters. The van der Waals surface area contributed by atoms with Crippen molar-refractivity contribution in [3.8, 4) is 0 Å². The second kappa shape index (κ2) is 4.49. The van der Waals surface area contributed by atoms with Gasteiger partial charge >= 0.3 is 0 Å². The summed E-state index contributed by atoms with van der Waals surface area (Å²) in [6, 6.07) is 5.17. The van der Waals surface area contributed by atoms with Gasteiger partial charge in [0.2, 0.25) is 0 Å². The van der Waals surface area contributed by atoms with Crippen molar-refractivity contribution in [2.24, 2.45) is 0 Å². The molecule has 1 aromatic rings.